The van der Waals surface area contributed by atoms with Crippen LogP contribution >= 0.6 is 11.8 Å². The predicted octanol–water partition coefficient (Wildman–Crippen LogP) is 5.52. The van der Waals surface area contributed by atoms with Gasteiger partial charge in [-0.1, -0.05) is 48.2 Å². The molecule has 33 heavy (non-hydrogen) atoms. The Labute approximate surface area is 196 Å². The summed E-state index contributed by atoms with van der Waals surface area (Å²) in [5, 5.41) is 6.34. The van der Waals surface area contributed by atoms with Crippen molar-refractivity contribution >= 4 is 46.2 Å². The maximum absolute atomic E-state index is 12.8. The number of anilines is 2. The smallest absolute Gasteiger partial charge is 0.256 e. The Hall–Kier alpha value is -3.65. The summed E-state index contributed by atoms with van der Waals surface area (Å²) in [6.07, 6.45) is 0. The van der Waals surface area contributed by atoms with Gasteiger partial charge in [0.15, 0.2) is 5.16 Å². The standard InChI is InChI=1S/C25H24N4O3S/c1-14-10-8-9-13-19(14)26-22(30)17(4)33-25-28-21(20-15(2)16(3)32-24(20)29-25)27-23(31)18-11-6-5-7-12-18/h5-13,17H,1-4H3,(H,26,30)(H,27,28,29,31). The Balaban J connectivity index is 1.61. The van der Waals surface area contributed by atoms with E-state index < -0.39 is 5.25 Å². The summed E-state index contributed by atoms with van der Waals surface area (Å²) in [7, 11) is 0. The van der Waals surface area contributed by atoms with Gasteiger partial charge in [0.25, 0.3) is 5.91 Å². The number of aryl methyl sites for hydroxylation is 3. The van der Waals surface area contributed by atoms with Crippen molar-refractivity contribution in [1.82, 2.24) is 9.97 Å². The molecule has 8 heteroatoms. The first-order valence-corrected chi connectivity index (χ1v) is 11.4. The van der Waals surface area contributed by atoms with Gasteiger partial charge in [-0.3, -0.25) is 9.59 Å². The van der Waals surface area contributed by atoms with Crippen LogP contribution in [0.4, 0.5) is 11.5 Å². The van der Waals surface area contributed by atoms with Crippen LogP contribution in [0.3, 0.4) is 0 Å². The second kappa shape index (κ2) is 9.46. The molecule has 2 N–H and O–H groups in total. The van der Waals surface area contributed by atoms with E-state index in [4.69, 9.17) is 4.42 Å². The second-order valence-electron chi connectivity index (χ2n) is 7.70. The number of benzene rings is 2. The molecule has 1 unspecified atom stereocenters. The molecule has 0 fully saturated rings. The normalized spacial score (nSPS) is 11.9. The van der Waals surface area contributed by atoms with E-state index in [2.05, 4.69) is 20.6 Å². The second-order valence-corrected chi connectivity index (χ2v) is 9.01. The molecule has 0 aliphatic rings. The average Bonchev–Trinajstić information content (AvgIpc) is 3.09. The molecule has 7 nitrogen and oxygen atoms in total. The zero-order chi connectivity index (χ0) is 23.5. The number of nitrogens with one attached hydrogen (secondary N) is 2. The van der Waals surface area contributed by atoms with Crippen LogP contribution in [0.2, 0.25) is 0 Å². The summed E-state index contributed by atoms with van der Waals surface area (Å²) in [6.45, 7) is 7.46. The third-order valence-electron chi connectivity index (χ3n) is 5.33. The van der Waals surface area contributed by atoms with Crippen molar-refractivity contribution in [3.63, 3.8) is 0 Å². The van der Waals surface area contributed by atoms with Gasteiger partial charge in [0.2, 0.25) is 11.6 Å². The van der Waals surface area contributed by atoms with Gasteiger partial charge in [-0.15, -0.1) is 0 Å². The van der Waals surface area contributed by atoms with Crippen molar-refractivity contribution in [3.8, 4) is 0 Å². The lowest BCUT2D eigenvalue weighted by Crippen LogP contribution is -2.23. The van der Waals surface area contributed by atoms with E-state index in [1.807, 2.05) is 51.1 Å². The molecular formula is C25H24N4O3S. The van der Waals surface area contributed by atoms with E-state index >= 15 is 0 Å². The van der Waals surface area contributed by atoms with E-state index in [0.29, 0.717) is 33.4 Å². The molecule has 4 aromatic rings. The molecule has 1 atom stereocenters. The van der Waals surface area contributed by atoms with Gasteiger partial charge in [-0.2, -0.15) is 4.98 Å². The van der Waals surface area contributed by atoms with Crippen molar-refractivity contribution in [2.45, 2.75) is 38.1 Å². The summed E-state index contributed by atoms with van der Waals surface area (Å²) >= 11 is 1.20. The van der Waals surface area contributed by atoms with E-state index in [9.17, 15) is 9.59 Å². The van der Waals surface area contributed by atoms with E-state index in [1.54, 1.807) is 31.2 Å². The van der Waals surface area contributed by atoms with Gasteiger partial charge in [0.1, 0.15) is 11.6 Å². The van der Waals surface area contributed by atoms with Gasteiger partial charge in [0, 0.05) is 16.8 Å². The van der Waals surface area contributed by atoms with Gasteiger partial charge >= 0.3 is 0 Å². The Morgan fingerprint density at radius 2 is 1.64 bits per heavy atom. The number of carbonyl (C=O) groups is 2. The maximum atomic E-state index is 12.8. The molecule has 0 bridgehead atoms. The lowest BCUT2D eigenvalue weighted by molar-refractivity contribution is -0.115. The molecule has 0 aliphatic heterocycles. The zero-order valence-electron chi connectivity index (χ0n) is 18.8. The topological polar surface area (TPSA) is 97.1 Å². The number of amides is 2. The number of furan rings is 1. The monoisotopic (exact) mass is 460 g/mol. The lowest BCUT2D eigenvalue weighted by atomic mass is 10.2. The summed E-state index contributed by atoms with van der Waals surface area (Å²) < 4.78 is 5.80. The molecule has 2 aromatic heterocycles. The predicted molar refractivity (Wildman–Crippen MR) is 131 cm³/mol. The zero-order valence-corrected chi connectivity index (χ0v) is 19.6. The molecule has 0 aliphatic carbocycles. The highest BCUT2D eigenvalue weighted by atomic mass is 32.2. The van der Waals surface area contributed by atoms with Gasteiger partial charge in [-0.05, 0) is 51.5 Å². The first-order chi connectivity index (χ1) is 15.8. The van der Waals surface area contributed by atoms with Crippen molar-refractivity contribution < 1.29 is 14.0 Å². The highest BCUT2D eigenvalue weighted by Gasteiger charge is 2.22. The fraction of sp³-hybridized carbons (Fsp3) is 0.200. The Morgan fingerprint density at radius 1 is 0.939 bits per heavy atom. The molecule has 2 aromatic carbocycles. The SMILES string of the molecule is Cc1ccccc1NC(=O)C(C)Sc1nc(NC(=O)c2ccccc2)c2c(C)c(C)oc2n1. The van der Waals surface area contributed by atoms with Crippen LogP contribution in [0.5, 0.6) is 0 Å². The molecule has 2 amide bonds. The van der Waals surface area contributed by atoms with Gasteiger partial charge in [-0.25, -0.2) is 4.98 Å². The van der Waals surface area contributed by atoms with Crippen molar-refractivity contribution in [2.75, 3.05) is 10.6 Å². The minimum Gasteiger partial charge on any atom is -0.443 e. The first-order valence-electron chi connectivity index (χ1n) is 10.5. The minimum atomic E-state index is -0.475. The van der Waals surface area contributed by atoms with Gasteiger partial charge < -0.3 is 15.1 Å². The summed E-state index contributed by atoms with van der Waals surface area (Å²) in [5.74, 6) is 0.606. The van der Waals surface area contributed by atoms with Crippen LogP contribution in [0, 0.1) is 20.8 Å². The molecular weight excluding hydrogens is 436 g/mol. The fourth-order valence-electron chi connectivity index (χ4n) is 3.30. The van der Waals surface area contributed by atoms with Crippen molar-refractivity contribution in [1.29, 1.82) is 0 Å². The van der Waals surface area contributed by atoms with Crippen molar-refractivity contribution in [2.24, 2.45) is 0 Å². The van der Waals surface area contributed by atoms with Crippen LogP contribution < -0.4 is 10.6 Å². The number of hydrogen-bond acceptors (Lipinski definition) is 6. The fourth-order valence-corrected chi connectivity index (χ4v) is 4.06. The molecule has 0 saturated heterocycles. The van der Waals surface area contributed by atoms with Crippen LogP contribution in [-0.2, 0) is 4.79 Å². The number of hydrogen-bond donors (Lipinski definition) is 2. The summed E-state index contributed by atoms with van der Waals surface area (Å²) in [4.78, 5) is 34.6. The Bertz CT molecular complexity index is 1330. The molecule has 4 rings (SSSR count). The molecule has 168 valence electrons. The van der Waals surface area contributed by atoms with E-state index in [-0.39, 0.29) is 11.8 Å². The van der Waals surface area contributed by atoms with E-state index in [0.717, 1.165) is 16.8 Å². The molecule has 0 radical (unpaired) electrons. The number of nitrogens with zero attached hydrogens (tertiary/aromatic N) is 2. The summed E-state index contributed by atoms with van der Waals surface area (Å²) in [5.41, 5.74) is 3.49. The number of carbonyl (C=O) groups excluding carboxylic acids is 2. The lowest BCUT2D eigenvalue weighted by Gasteiger charge is -2.13. The molecule has 2 heterocycles. The van der Waals surface area contributed by atoms with Crippen LogP contribution in [-0.4, -0.2) is 27.0 Å². The summed E-state index contributed by atoms with van der Waals surface area (Å²) in [6, 6.07) is 16.5. The Morgan fingerprint density at radius 3 is 2.36 bits per heavy atom. The number of aromatic nitrogens is 2. The highest BCUT2D eigenvalue weighted by molar-refractivity contribution is 8.00. The van der Waals surface area contributed by atoms with Crippen LogP contribution in [0.1, 0.15) is 34.2 Å². The average molecular weight is 461 g/mol. The number of thioether (sulfide) groups is 1. The largest absolute Gasteiger partial charge is 0.443 e. The van der Waals surface area contributed by atoms with E-state index in [1.165, 1.54) is 11.8 Å². The number of fused-ring (bicyclic) bond motifs is 1. The molecule has 0 spiro atoms. The van der Waals surface area contributed by atoms with Gasteiger partial charge in [0.05, 0.1) is 10.6 Å². The van der Waals surface area contributed by atoms with Crippen LogP contribution in [0.25, 0.3) is 11.1 Å². The third kappa shape index (κ3) is 4.90. The minimum absolute atomic E-state index is 0.167. The van der Waals surface area contributed by atoms with Crippen LogP contribution in [0.15, 0.2) is 64.2 Å². The Kier molecular flexibility index (Phi) is 6.46. The first kappa shape index (κ1) is 22.5. The maximum Gasteiger partial charge on any atom is 0.256 e. The third-order valence-corrected chi connectivity index (χ3v) is 6.29. The number of para-hydroxylation sites is 1. The van der Waals surface area contributed by atoms with Crippen molar-refractivity contribution in [3.05, 3.63) is 77.0 Å². The molecule has 0 saturated carbocycles. The quantitative estimate of drug-likeness (QED) is 0.290. The highest BCUT2D eigenvalue weighted by Crippen LogP contribution is 2.32. The number of rotatable bonds is 6.